The van der Waals surface area contributed by atoms with E-state index < -0.39 is 17.8 Å². The number of nitrogens with one attached hydrogen (secondary N) is 1. The number of primary amides is 1. The fourth-order valence-corrected chi connectivity index (χ4v) is 3.77. The summed E-state index contributed by atoms with van der Waals surface area (Å²) < 4.78 is 52.4. The highest BCUT2D eigenvalue weighted by Gasteiger charge is 2.35. The number of ether oxygens (including phenoxy) is 2. The van der Waals surface area contributed by atoms with Crippen LogP contribution >= 0.6 is 0 Å². The number of rotatable bonds is 8. The predicted octanol–water partition coefficient (Wildman–Crippen LogP) is 3.36. The summed E-state index contributed by atoms with van der Waals surface area (Å²) in [6.07, 6.45) is -3.56. The summed E-state index contributed by atoms with van der Waals surface area (Å²) in [5, 5.41) is 2.44. The number of hydrogen-bond donors (Lipinski definition) is 2. The SMILES string of the molecule is CN(C)C(Cc1cccc2c1OCO2)Cc1c(CCNC(N)=O)cccc1C(F)(F)F. The Kier molecular flexibility index (Phi) is 6.94. The molecule has 0 bridgehead atoms. The van der Waals surface area contributed by atoms with Crippen LogP contribution < -0.4 is 20.5 Å². The van der Waals surface area contributed by atoms with Crippen molar-refractivity contribution >= 4 is 6.03 Å². The number of benzene rings is 2. The molecule has 9 heteroatoms. The molecule has 1 atom stereocenters. The summed E-state index contributed by atoms with van der Waals surface area (Å²) in [6.45, 7) is 0.292. The third kappa shape index (κ3) is 5.61. The lowest BCUT2D eigenvalue weighted by molar-refractivity contribution is -0.138. The van der Waals surface area contributed by atoms with Crippen LogP contribution in [0.5, 0.6) is 11.5 Å². The van der Waals surface area contributed by atoms with Crippen molar-refractivity contribution < 1.29 is 27.4 Å². The Hall–Kier alpha value is -2.94. The monoisotopic (exact) mass is 437 g/mol. The quantitative estimate of drug-likeness (QED) is 0.664. The summed E-state index contributed by atoms with van der Waals surface area (Å²) >= 11 is 0. The summed E-state index contributed by atoms with van der Waals surface area (Å²) in [5.74, 6) is 1.29. The standard InChI is InChI=1S/C22H26F3N3O3/c1-28(2)16(11-15-6-4-8-19-20(15)31-13-30-19)12-17-14(9-10-27-21(26)29)5-3-7-18(17)22(23,24)25/h3-8,16H,9-13H2,1-2H3,(H3,26,27,29). The molecule has 0 aliphatic carbocycles. The molecule has 31 heavy (non-hydrogen) atoms. The molecule has 2 aromatic carbocycles. The Morgan fingerprint density at radius 3 is 2.52 bits per heavy atom. The molecule has 0 radical (unpaired) electrons. The number of nitrogens with zero attached hydrogens (tertiary/aromatic N) is 1. The molecule has 0 spiro atoms. The first kappa shape index (κ1) is 22.7. The first-order valence-electron chi connectivity index (χ1n) is 9.92. The van der Waals surface area contributed by atoms with Crippen LogP contribution in [-0.4, -0.2) is 44.4 Å². The van der Waals surface area contributed by atoms with Gasteiger partial charge in [-0.15, -0.1) is 0 Å². The highest BCUT2D eigenvalue weighted by molar-refractivity contribution is 5.71. The Labute approximate surface area is 179 Å². The van der Waals surface area contributed by atoms with Crippen molar-refractivity contribution in [1.82, 2.24) is 10.2 Å². The number of amides is 2. The number of halogens is 3. The van der Waals surface area contributed by atoms with E-state index in [4.69, 9.17) is 15.2 Å². The molecule has 6 nitrogen and oxygen atoms in total. The molecule has 0 fully saturated rings. The second kappa shape index (κ2) is 9.47. The van der Waals surface area contributed by atoms with Gasteiger partial charge in [-0.1, -0.05) is 24.3 Å². The van der Waals surface area contributed by atoms with Crippen LogP contribution in [0.1, 0.15) is 22.3 Å². The van der Waals surface area contributed by atoms with Gasteiger partial charge in [-0.3, -0.25) is 0 Å². The van der Waals surface area contributed by atoms with Crippen molar-refractivity contribution in [3.63, 3.8) is 0 Å². The highest BCUT2D eigenvalue weighted by Crippen LogP contribution is 2.38. The fraction of sp³-hybridized carbons (Fsp3) is 0.409. The Morgan fingerprint density at radius 1 is 1.13 bits per heavy atom. The van der Waals surface area contributed by atoms with Crippen molar-refractivity contribution in [2.45, 2.75) is 31.5 Å². The van der Waals surface area contributed by atoms with Crippen molar-refractivity contribution in [3.05, 3.63) is 58.7 Å². The zero-order valence-electron chi connectivity index (χ0n) is 17.5. The van der Waals surface area contributed by atoms with Gasteiger partial charge in [0.05, 0.1) is 5.56 Å². The topological polar surface area (TPSA) is 76.8 Å². The van der Waals surface area contributed by atoms with E-state index in [0.29, 0.717) is 23.5 Å². The number of carbonyl (C=O) groups is 1. The van der Waals surface area contributed by atoms with Crippen LogP contribution in [0.25, 0.3) is 0 Å². The van der Waals surface area contributed by atoms with Crippen molar-refractivity contribution in [2.24, 2.45) is 5.73 Å². The maximum atomic E-state index is 13.8. The highest BCUT2D eigenvalue weighted by atomic mass is 19.4. The van der Waals surface area contributed by atoms with Gasteiger partial charge >= 0.3 is 12.2 Å². The van der Waals surface area contributed by atoms with Gasteiger partial charge in [0.25, 0.3) is 0 Å². The normalized spacial score (nSPS) is 14.0. The lowest BCUT2D eigenvalue weighted by atomic mass is 9.90. The van der Waals surface area contributed by atoms with Gasteiger partial charge in [0.15, 0.2) is 11.5 Å². The minimum atomic E-state index is -4.48. The first-order chi connectivity index (χ1) is 14.7. The Morgan fingerprint density at radius 2 is 1.84 bits per heavy atom. The van der Waals surface area contributed by atoms with Gasteiger partial charge in [0, 0.05) is 12.6 Å². The molecular formula is C22H26F3N3O3. The van der Waals surface area contributed by atoms with Gasteiger partial charge in [-0.05, 0) is 62.2 Å². The van der Waals surface area contributed by atoms with E-state index in [9.17, 15) is 18.0 Å². The third-order valence-corrected chi connectivity index (χ3v) is 5.38. The Bertz CT molecular complexity index is 932. The molecule has 3 rings (SSSR count). The summed E-state index contributed by atoms with van der Waals surface area (Å²) in [7, 11) is 3.69. The average molecular weight is 437 g/mol. The predicted molar refractivity (Wildman–Crippen MR) is 110 cm³/mol. The van der Waals surface area contributed by atoms with E-state index in [1.54, 1.807) is 12.1 Å². The molecule has 0 saturated heterocycles. The van der Waals surface area contributed by atoms with E-state index >= 15 is 0 Å². The van der Waals surface area contributed by atoms with Gasteiger partial charge in [-0.25, -0.2) is 4.79 Å². The Balaban J connectivity index is 1.91. The van der Waals surface area contributed by atoms with Gasteiger partial charge < -0.3 is 25.4 Å². The van der Waals surface area contributed by atoms with Crippen LogP contribution in [0.4, 0.5) is 18.0 Å². The van der Waals surface area contributed by atoms with E-state index in [0.717, 1.165) is 11.6 Å². The zero-order valence-corrected chi connectivity index (χ0v) is 17.5. The lowest BCUT2D eigenvalue weighted by Crippen LogP contribution is -2.34. The number of alkyl halides is 3. The molecule has 168 valence electrons. The summed E-state index contributed by atoms with van der Waals surface area (Å²) in [5.41, 5.74) is 6.07. The molecule has 3 N–H and O–H groups in total. The van der Waals surface area contributed by atoms with E-state index in [2.05, 4.69) is 5.32 Å². The molecule has 1 unspecified atom stereocenters. The molecule has 1 aliphatic rings. The second-order valence-electron chi connectivity index (χ2n) is 7.66. The molecule has 0 aromatic heterocycles. The van der Waals surface area contributed by atoms with E-state index in [1.807, 2.05) is 31.1 Å². The van der Waals surface area contributed by atoms with Crippen LogP contribution in [-0.2, 0) is 25.4 Å². The maximum absolute atomic E-state index is 13.8. The van der Waals surface area contributed by atoms with E-state index in [-0.39, 0.29) is 37.8 Å². The van der Waals surface area contributed by atoms with Crippen molar-refractivity contribution in [1.29, 1.82) is 0 Å². The molecule has 0 saturated carbocycles. The number of carbonyl (C=O) groups excluding carboxylic acids is 1. The first-order valence-corrected chi connectivity index (χ1v) is 9.92. The molecule has 1 aliphatic heterocycles. The minimum Gasteiger partial charge on any atom is -0.454 e. The number of para-hydroxylation sites is 1. The van der Waals surface area contributed by atoms with Crippen LogP contribution in [0.3, 0.4) is 0 Å². The van der Waals surface area contributed by atoms with Gasteiger partial charge in [0.1, 0.15) is 0 Å². The zero-order chi connectivity index (χ0) is 22.6. The average Bonchev–Trinajstić information content (AvgIpc) is 3.17. The molecular weight excluding hydrogens is 411 g/mol. The van der Waals surface area contributed by atoms with Crippen LogP contribution in [0.15, 0.2) is 36.4 Å². The molecule has 2 aromatic rings. The summed E-state index contributed by atoms with van der Waals surface area (Å²) in [4.78, 5) is 12.9. The minimum absolute atomic E-state index is 0.132. The second-order valence-corrected chi connectivity index (χ2v) is 7.66. The fourth-order valence-electron chi connectivity index (χ4n) is 3.77. The van der Waals surface area contributed by atoms with Crippen molar-refractivity contribution in [3.8, 4) is 11.5 Å². The number of urea groups is 1. The van der Waals surface area contributed by atoms with Crippen molar-refractivity contribution in [2.75, 3.05) is 27.4 Å². The number of fused-ring (bicyclic) bond motifs is 1. The number of likely N-dealkylation sites (N-methyl/N-ethyl adjacent to an activating group) is 1. The van der Waals surface area contributed by atoms with E-state index in [1.165, 1.54) is 6.07 Å². The molecule has 2 amide bonds. The van der Waals surface area contributed by atoms with Gasteiger partial charge in [-0.2, -0.15) is 13.2 Å². The van der Waals surface area contributed by atoms with Crippen LogP contribution in [0, 0.1) is 0 Å². The van der Waals surface area contributed by atoms with Crippen LogP contribution in [0.2, 0.25) is 0 Å². The third-order valence-electron chi connectivity index (χ3n) is 5.38. The lowest BCUT2D eigenvalue weighted by Gasteiger charge is -2.28. The van der Waals surface area contributed by atoms with Gasteiger partial charge in [0.2, 0.25) is 6.79 Å². The largest absolute Gasteiger partial charge is 0.454 e. The number of nitrogens with two attached hydrogens (primary N) is 1. The smallest absolute Gasteiger partial charge is 0.416 e. The number of hydrogen-bond acceptors (Lipinski definition) is 4. The molecule has 1 heterocycles. The maximum Gasteiger partial charge on any atom is 0.416 e. The summed E-state index contributed by atoms with van der Waals surface area (Å²) in [6, 6.07) is 8.78.